The lowest BCUT2D eigenvalue weighted by molar-refractivity contribution is 0.202. The van der Waals surface area contributed by atoms with E-state index < -0.39 is 0 Å². The van der Waals surface area contributed by atoms with Crippen molar-refractivity contribution in [3.05, 3.63) is 96.9 Å². The number of anilines is 2. The smallest absolute Gasteiger partial charge is 0.266 e. The number of para-hydroxylation sites is 2. The van der Waals surface area contributed by atoms with Crippen LogP contribution in [-0.4, -0.2) is 50.9 Å². The van der Waals surface area contributed by atoms with Crippen molar-refractivity contribution in [2.75, 3.05) is 30.0 Å². The fourth-order valence-electron chi connectivity index (χ4n) is 5.61. The number of likely N-dealkylation sites (tertiary alicyclic amines) is 1. The lowest BCUT2D eigenvalue weighted by Gasteiger charge is -2.37. The summed E-state index contributed by atoms with van der Waals surface area (Å²) in [5, 5.41) is 12.3. The van der Waals surface area contributed by atoms with Gasteiger partial charge in [0.2, 0.25) is 5.82 Å². The average Bonchev–Trinajstić information content (AvgIpc) is 3.69. The van der Waals surface area contributed by atoms with Gasteiger partial charge in [0.1, 0.15) is 17.7 Å². The number of benzene rings is 3. The summed E-state index contributed by atoms with van der Waals surface area (Å²) in [7, 11) is 0. The molecule has 1 saturated heterocycles. The largest absolute Gasteiger partial charge is 0.442 e. The lowest BCUT2D eigenvalue weighted by Crippen LogP contribution is -2.44. The number of nitrogens with zero attached hydrogens (tertiary/aromatic N) is 6. The van der Waals surface area contributed by atoms with E-state index in [0.717, 1.165) is 48.8 Å². The summed E-state index contributed by atoms with van der Waals surface area (Å²) in [4.78, 5) is 14.1. The summed E-state index contributed by atoms with van der Waals surface area (Å²) in [6, 6.07) is 27.9. The number of piperidine rings is 1. The Bertz CT molecular complexity index is 1550. The molecule has 3 aromatic carbocycles. The maximum atomic E-state index is 5.43. The van der Waals surface area contributed by atoms with Crippen LogP contribution < -0.4 is 10.2 Å². The van der Waals surface area contributed by atoms with E-state index in [0.29, 0.717) is 17.8 Å². The molecule has 1 N–H and O–H groups in total. The molecule has 2 aliphatic rings. The molecule has 5 aromatic rings. The van der Waals surface area contributed by atoms with E-state index in [1.54, 1.807) is 6.20 Å². The van der Waals surface area contributed by atoms with Crippen LogP contribution in [0.1, 0.15) is 18.4 Å². The van der Waals surface area contributed by atoms with Crippen LogP contribution in [0.5, 0.6) is 0 Å². The van der Waals surface area contributed by atoms with Crippen molar-refractivity contribution < 1.29 is 4.42 Å². The molecule has 0 spiro atoms. The number of nitrogens with one attached hydrogen (secondary N) is 1. The highest BCUT2D eigenvalue weighted by Gasteiger charge is 2.29. The van der Waals surface area contributed by atoms with E-state index in [9.17, 15) is 0 Å². The Morgan fingerprint density at radius 3 is 2.38 bits per heavy atom. The van der Waals surface area contributed by atoms with Gasteiger partial charge in [-0.2, -0.15) is 0 Å². The third-order valence-electron chi connectivity index (χ3n) is 7.64. The molecule has 0 saturated carbocycles. The number of oxazole rings is 1. The first kappa shape index (κ1) is 23.5. The number of fused-ring (bicyclic) bond motifs is 1. The molecule has 8 heteroatoms. The van der Waals surface area contributed by atoms with Gasteiger partial charge in [0.25, 0.3) is 5.89 Å². The first-order valence-electron chi connectivity index (χ1n) is 13.4. The Kier molecular flexibility index (Phi) is 6.22. The molecule has 4 heterocycles. The van der Waals surface area contributed by atoms with Crippen LogP contribution in [0, 0.1) is 0 Å². The molecule has 0 atom stereocenters. The highest BCUT2D eigenvalue weighted by molar-refractivity contribution is 5.78. The maximum absolute atomic E-state index is 5.43. The van der Waals surface area contributed by atoms with E-state index in [2.05, 4.69) is 78.8 Å². The average molecular weight is 516 g/mol. The topological polar surface area (TPSA) is 83.2 Å². The summed E-state index contributed by atoms with van der Waals surface area (Å²) in [5.74, 6) is 0.731. The second-order valence-corrected chi connectivity index (χ2v) is 10.1. The number of aromatic nitrogens is 4. The predicted octanol–water partition coefficient (Wildman–Crippen LogP) is 5.71. The Balaban J connectivity index is 1.07. The Hall–Kier alpha value is -4.56. The van der Waals surface area contributed by atoms with Gasteiger partial charge in [-0.05, 0) is 30.5 Å². The number of hydrogen-bond acceptors (Lipinski definition) is 8. The molecule has 39 heavy (non-hydrogen) atoms. The fourth-order valence-corrected chi connectivity index (χ4v) is 5.61. The van der Waals surface area contributed by atoms with E-state index in [-0.39, 0.29) is 0 Å². The highest BCUT2D eigenvalue weighted by Crippen LogP contribution is 2.35. The van der Waals surface area contributed by atoms with Crippen LogP contribution in [0.2, 0.25) is 0 Å². The van der Waals surface area contributed by atoms with Crippen molar-refractivity contribution in [2.24, 2.45) is 0 Å². The molecule has 0 bridgehead atoms. The summed E-state index contributed by atoms with van der Waals surface area (Å²) < 4.78 is 5.43. The molecule has 2 aromatic heterocycles. The van der Waals surface area contributed by atoms with Crippen LogP contribution >= 0.6 is 0 Å². The molecule has 8 nitrogen and oxygen atoms in total. The van der Waals surface area contributed by atoms with Crippen molar-refractivity contribution in [1.29, 1.82) is 0 Å². The molecular weight excluding hydrogens is 486 g/mol. The highest BCUT2D eigenvalue weighted by atomic mass is 16.3. The van der Waals surface area contributed by atoms with Crippen molar-refractivity contribution in [3.63, 3.8) is 0 Å². The summed E-state index contributed by atoms with van der Waals surface area (Å²) in [5.41, 5.74) is 7.33. The van der Waals surface area contributed by atoms with Gasteiger partial charge in [0.15, 0.2) is 0 Å². The number of hydrogen-bond donors (Lipinski definition) is 1. The van der Waals surface area contributed by atoms with Gasteiger partial charge >= 0.3 is 0 Å². The Morgan fingerprint density at radius 2 is 1.59 bits per heavy atom. The van der Waals surface area contributed by atoms with Crippen molar-refractivity contribution in [1.82, 2.24) is 25.1 Å². The molecule has 0 aliphatic carbocycles. The van der Waals surface area contributed by atoms with Crippen LogP contribution in [0.4, 0.5) is 11.4 Å². The molecule has 7 rings (SSSR count). The zero-order chi connectivity index (χ0) is 26.0. The fraction of sp³-hybridized carbons (Fsp3) is 0.226. The van der Waals surface area contributed by atoms with Crippen molar-refractivity contribution >= 4 is 11.4 Å². The zero-order valence-corrected chi connectivity index (χ0v) is 21.6. The first-order valence-corrected chi connectivity index (χ1v) is 13.4. The molecule has 0 unspecified atom stereocenters. The SMILES string of the molecule is c1ccc(-c2nnc(-c3ncco3)nc2-c2ccc(CN3CCC(N4CNc5ccccc54)CC3)cc2)cc1. The molecule has 194 valence electrons. The Morgan fingerprint density at radius 1 is 0.821 bits per heavy atom. The van der Waals surface area contributed by atoms with Gasteiger partial charge in [0.05, 0.1) is 24.2 Å². The normalized spacial score (nSPS) is 15.7. The summed E-state index contributed by atoms with van der Waals surface area (Å²) >= 11 is 0. The van der Waals surface area contributed by atoms with Crippen LogP contribution in [0.15, 0.2) is 95.7 Å². The second-order valence-electron chi connectivity index (χ2n) is 10.1. The van der Waals surface area contributed by atoms with Crippen LogP contribution in [0.3, 0.4) is 0 Å². The zero-order valence-electron chi connectivity index (χ0n) is 21.6. The van der Waals surface area contributed by atoms with E-state index in [1.807, 2.05) is 30.3 Å². The lowest BCUT2D eigenvalue weighted by atomic mass is 10.0. The standard InChI is InChI=1S/C31H29N7O/c1-2-6-23(7-3-1)29-28(34-30(36-35-29)31-32-16-19-39-31)24-12-10-22(11-13-24)20-37-17-14-25(15-18-37)38-21-33-26-8-4-5-9-27(26)38/h1-13,16,19,25,33H,14-15,17-18,20-21H2. The van der Waals surface area contributed by atoms with E-state index >= 15 is 0 Å². The maximum Gasteiger partial charge on any atom is 0.266 e. The molecule has 2 aliphatic heterocycles. The second kappa shape index (κ2) is 10.3. The van der Waals surface area contributed by atoms with E-state index in [1.165, 1.54) is 36.0 Å². The Labute approximate surface area is 227 Å². The van der Waals surface area contributed by atoms with Gasteiger partial charge in [-0.1, -0.05) is 66.7 Å². The molecule has 0 radical (unpaired) electrons. The summed E-state index contributed by atoms with van der Waals surface area (Å²) in [6.07, 6.45) is 5.44. The first-order chi connectivity index (χ1) is 19.3. The van der Waals surface area contributed by atoms with Crippen LogP contribution in [0.25, 0.3) is 34.2 Å². The minimum atomic E-state index is 0.358. The van der Waals surface area contributed by atoms with Gasteiger partial charge in [0, 0.05) is 36.8 Å². The van der Waals surface area contributed by atoms with E-state index in [4.69, 9.17) is 9.40 Å². The quantitative estimate of drug-likeness (QED) is 0.308. The van der Waals surface area contributed by atoms with Gasteiger partial charge in [-0.15, -0.1) is 10.2 Å². The molecule has 1 fully saturated rings. The minimum Gasteiger partial charge on any atom is -0.442 e. The van der Waals surface area contributed by atoms with Crippen LogP contribution in [-0.2, 0) is 6.54 Å². The number of rotatable bonds is 6. The summed E-state index contributed by atoms with van der Waals surface area (Å²) in [6.45, 7) is 4.04. The van der Waals surface area contributed by atoms with Gasteiger partial charge < -0.3 is 14.6 Å². The van der Waals surface area contributed by atoms with Crippen molar-refractivity contribution in [2.45, 2.75) is 25.4 Å². The molecule has 0 amide bonds. The minimum absolute atomic E-state index is 0.358. The van der Waals surface area contributed by atoms with Gasteiger partial charge in [-0.3, -0.25) is 4.90 Å². The third-order valence-corrected chi connectivity index (χ3v) is 7.64. The molecular formula is C31H29N7O. The third kappa shape index (κ3) is 4.75. The monoisotopic (exact) mass is 515 g/mol. The predicted molar refractivity (Wildman–Crippen MR) is 152 cm³/mol. The van der Waals surface area contributed by atoms with Crippen molar-refractivity contribution in [3.8, 4) is 34.2 Å². The van der Waals surface area contributed by atoms with Gasteiger partial charge in [-0.25, -0.2) is 9.97 Å².